The number of piperazine rings is 1. The highest BCUT2D eigenvalue weighted by Gasteiger charge is 2.52. The third kappa shape index (κ3) is 6.33. The lowest BCUT2D eigenvalue weighted by Crippen LogP contribution is -2.66. The molecule has 5 amide bonds. The van der Waals surface area contributed by atoms with Crippen LogP contribution in [0.5, 0.6) is 0 Å². The van der Waals surface area contributed by atoms with Crippen molar-refractivity contribution in [2.24, 2.45) is 0 Å². The number of carbonyl (C=O) groups excluding carboxylic acids is 4. The number of benzene rings is 4. The predicted molar refractivity (Wildman–Crippen MR) is 176 cm³/mol. The van der Waals surface area contributed by atoms with Crippen LogP contribution in [0.4, 0.5) is 10.5 Å². The largest absolute Gasteiger partial charge is 0.333 e. The molecule has 2 fully saturated rings. The second-order valence-corrected chi connectivity index (χ2v) is 11.4. The van der Waals surface area contributed by atoms with E-state index in [1.54, 1.807) is 33.0 Å². The van der Waals surface area contributed by atoms with Crippen molar-refractivity contribution in [2.45, 2.75) is 31.7 Å². The van der Waals surface area contributed by atoms with Crippen LogP contribution in [0.25, 0.3) is 10.8 Å². The van der Waals surface area contributed by atoms with Gasteiger partial charge in [-0.3, -0.25) is 19.4 Å². The average Bonchev–Trinajstić information content (AvgIpc) is 3.40. The van der Waals surface area contributed by atoms with Crippen LogP contribution in [0.3, 0.4) is 0 Å². The van der Waals surface area contributed by atoms with Crippen LogP contribution in [0.2, 0.25) is 0 Å². The fourth-order valence-corrected chi connectivity index (χ4v) is 6.35. The van der Waals surface area contributed by atoms with Crippen LogP contribution in [0.15, 0.2) is 110 Å². The number of fused-ring (bicyclic) bond motifs is 2. The summed E-state index contributed by atoms with van der Waals surface area (Å²) in [4.78, 5) is 55.9. The molecule has 10 heteroatoms. The highest BCUT2D eigenvalue weighted by Crippen LogP contribution is 2.31. The lowest BCUT2D eigenvalue weighted by atomic mass is 9.98. The molecule has 2 saturated heterocycles. The van der Waals surface area contributed by atoms with Gasteiger partial charge in [0.15, 0.2) is 0 Å². The number of hydrazine groups is 1. The standard InChI is InChI=1S/C36H36N6O4/c1-2-19-40(36(46)37-21-27-9-4-3-5-10-27)41-24-34(44)42-32(20-26-15-17-30(18-16-26)38-25-43)35(45)39(23-33(41)42)22-29-13-8-12-28-11-6-7-14-31(28)29/h2-18,25,32-33H,1,19-24H2,(H,37,46)(H,38,43)/t32-,33+/m0/s1. The fraction of sp³-hybridized carbons (Fsp3) is 0.222. The molecule has 6 rings (SSSR count). The first-order valence-electron chi connectivity index (χ1n) is 15.3. The molecule has 2 aliphatic heterocycles. The molecule has 0 aromatic heterocycles. The van der Waals surface area contributed by atoms with E-state index in [9.17, 15) is 19.2 Å². The SMILES string of the molecule is C=CCN(C(=O)NCc1ccccc1)N1CC(=O)N2[C@@H](Cc3ccc(NC=O)cc3)C(=O)N(Cc3cccc4ccccc34)C[C@@H]21. The van der Waals surface area contributed by atoms with Crippen molar-refractivity contribution in [1.82, 2.24) is 25.1 Å². The van der Waals surface area contributed by atoms with Crippen molar-refractivity contribution in [2.75, 3.05) is 25.0 Å². The van der Waals surface area contributed by atoms with Gasteiger partial charge in [0.05, 0.1) is 19.6 Å². The van der Waals surface area contributed by atoms with E-state index in [0.29, 0.717) is 25.2 Å². The smallest absolute Gasteiger partial charge is 0.332 e. The molecule has 0 radical (unpaired) electrons. The summed E-state index contributed by atoms with van der Waals surface area (Å²) in [5, 5.41) is 11.0. The number of carbonyl (C=O) groups is 4. The van der Waals surface area contributed by atoms with Crippen molar-refractivity contribution in [3.8, 4) is 0 Å². The highest BCUT2D eigenvalue weighted by molar-refractivity contribution is 5.92. The Morgan fingerprint density at radius 1 is 0.913 bits per heavy atom. The number of rotatable bonds is 11. The number of anilines is 1. The van der Waals surface area contributed by atoms with Crippen molar-refractivity contribution in [1.29, 1.82) is 0 Å². The van der Waals surface area contributed by atoms with Gasteiger partial charge in [-0.15, -0.1) is 6.58 Å². The monoisotopic (exact) mass is 616 g/mol. The summed E-state index contributed by atoms with van der Waals surface area (Å²) < 4.78 is 0. The summed E-state index contributed by atoms with van der Waals surface area (Å²) in [5.41, 5.74) is 3.43. The molecule has 2 aliphatic rings. The van der Waals surface area contributed by atoms with Gasteiger partial charge in [-0.1, -0.05) is 91.0 Å². The van der Waals surface area contributed by atoms with Gasteiger partial charge in [-0.2, -0.15) is 5.01 Å². The molecule has 0 aliphatic carbocycles. The van der Waals surface area contributed by atoms with E-state index in [1.807, 2.05) is 84.9 Å². The Hall–Kier alpha value is -5.48. The zero-order chi connectivity index (χ0) is 32.0. The summed E-state index contributed by atoms with van der Waals surface area (Å²) in [6.07, 6.45) is 1.95. The van der Waals surface area contributed by atoms with Gasteiger partial charge in [0.25, 0.3) is 0 Å². The Labute approximate surface area is 267 Å². The van der Waals surface area contributed by atoms with Gasteiger partial charge in [0, 0.05) is 25.2 Å². The van der Waals surface area contributed by atoms with Crippen LogP contribution < -0.4 is 10.6 Å². The third-order valence-electron chi connectivity index (χ3n) is 8.55. The maximum absolute atomic E-state index is 14.3. The van der Waals surface area contributed by atoms with E-state index in [2.05, 4.69) is 17.2 Å². The maximum Gasteiger partial charge on any atom is 0.332 e. The molecule has 0 saturated carbocycles. The molecular formula is C36H36N6O4. The summed E-state index contributed by atoms with van der Waals surface area (Å²) in [6, 6.07) is 29.8. The minimum atomic E-state index is -0.783. The Kier molecular flexibility index (Phi) is 9.07. The highest BCUT2D eigenvalue weighted by atomic mass is 16.2. The van der Waals surface area contributed by atoms with E-state index in [4.69, 9.17) is 0 Å². The maximum atomic E-state index is 14.3. The number of urea groups is 1. The number of amides is 5. The Morgan fingerprint density at radius 3 is 2.41 bits per heavy atom. The van der Waals surface area contributed by atoms with E-state index < -0.39 is 12.2 Å². The molecule has 2 atom stereocenters. The number of hydrogen-bond donors (Lipinski definition) is 2. The molecule has 234 valence electrons. The van der Waals surface area contributed by atoms with Gasteiger partial charge >= 0.3 is 6.03 Å². The first-order chi connectivity index (χ1) is 22.5. The summed E-state index contributed by atoms with van der Waals surface area (Å²) in [6.45, 7) is 4.90. The summed E-state index contributed by atoms with van der Waals surface area (Å²) >= 11 is 0. The first-order valence-corrected chi connectivity index (χ1v) is 15.3. The zero-order valence-corrected chi connectivity index (χ0v) is 25.4. The lowest BCUT2D eigenvalue weighted by Gasteiger charge is -2.46. The lowest BCUT2D eigenvalue weighted by molar-refractivity contribution is -0.157. The van der Waals surface area contributed by atoms with E-state index >= 15 is 0 Å². The van der Waals surface area contributed by atoms with Gasteiger partial charge < -0.3 is 20.4 Å². The molecular weight excluding hydrogens is 580 g/mol. The van der Waals surface area contributed by atoms with E-state index in [1.165, 1.54) is 5.01 Å². The van der Waals surface area contributed by atoms with E-state index in [-0.39, 0.29) is 43.9 Å². The van der Waals surface area contributed by atoms with Gasteiger partial charge in [0.2, 0.25) is 18.2 Å². The minimum absolute atomic E-state index is 0.0503. The van der Waals surface area contributed by atoms with Crippen LogP contribution in [-0.2, 0) is 33.9 Å². The molecule has 0 spiro atoms. The second-order valence-electron chi connectivity index (χ2n) is 11.4. The van der Waals surface area contributed by atoms with Crippen molar-refractivity contribution < 1.29 is 19.2 Å². The Bertz CT molecular complexity index is 1740. The average molecular weight is 617 g/mol. The van der Waals surface area contributed by atoms with Crippen molar-refractivity contribution in [3.05, 3.63) is 126 Å². The molecule has 46 heavy (non-hydrogen) atoms. The van der Waals surface area contributed by atoms with E-state index in [0.717, 1.165) is 27.5 Å². The first kappa shape index (κ1) is 30.5. The molecule has 2 N–H and O–H groups in total. The molecule has 10 nitrogen and oxygen atoms in total. The summed E-state index contributed by atoms with van der Waals surface area (Å²) in [7, 11) is 0. The van der Waals surface area contributed by atoms with Crippen molar-refractivity contribution >= 4 is 40.7 Å². The predicted octanol–water partition coefficient (Wildman–Crippen LogP) is 4.14. The van der Waals surface area contributed by atoms with Gasteiger partial charge in [-0.05, 0) is 39.6 Å². The molecule has 0 bridgehead atoms. The second kappa shape index (κ2) is 13.7. The quantitative estimate of drug-likeness (QED) is 0.195. The third-order valence-corrected chi connectivity index (χ3v) is 8.55. The van der Waals surface area contributed by atoms with Gasteiger partial charge in [-0.25, -0.2) is 4.79 Å². The minimum Gasteiger partial charge on any atom is -0.333 e. The van der Waals surface area contributed by atoms with Crippen LogP contribution in [0.1, 0.15) is 16.7 Å². The van der Waals surface area contributed by atoms with Crippen LogP contribution in [-0.4, -0.2) is 75.9 Å². The molecule has 4 aromatic rings. The van der Waals surface area contributed by atoms with Crippen molar-refractivity contribution in [3.63, 3.8) is 0 Å². The van der Waals surface area contributed by atoms with Crippen LogP contribution >= 0.6 is 0 Å². The van der Waals surface area contributed by atoms with Gasteiger partial charge in [0.1, 0.15) is 12.2 Å². The number of nitrogens with zero attached hydrogens (tertiary/aromatic N) is 4. The normalized spacial score (nSPS) is 17.9. The Morgan fingerprint density at radius 2 is 1.65 bits per heavy atom. The van der Waals surface area contributed by atoms with Crippen LogP contribution in [0, 0.1) is 0 Å². The summed E-state index contributed by atoms with van der Waals surface area (Å²) in [5.74, 6) is -0.379. The topological polar surface area (TPSA) is 105 Å². The zero-order valence-electron chi connectivity index (χ0n) is 25.4. The number of nitrogens with one attached hydrogen (secondary N) is 2. The fourth-order valence-electron chi connectivity index (χ4n) is 6.35. The Balaban J connectivity index is 1.31. The molecule has 2 heterocycles. The molecule has 0 unspecified atom stereocenters. The number of hydrogen-bond acceptors (Lipinski definition) is 5. The molecule has 4 aromatic carbocycles.